The van der Waals surface area contributed by atoms with Crippen molar-refractivity contribution in [1.29, 1.82) is 0 Å². The molecule has 1 unspecified atom stereocenters. The van der Waals surface area contributed by atoms with Gasteiger partial charge in [-0.05, 0) is 47.7 Å². The van der Waals surface area contributed by atoms with Gasteiger partial charge < -0.3 is 10.2 Å². The fourth-order valence-corrected chi connectivity index (χ4v) is 4.04. The van der Waals surface area contributed by atoms with Crippen LogP contribution in [0.3, 0.4) is 0 Å². The van der Waals surface area contributed by atoms with Gasteiger partial charge in [0, 0.05) is 24.5 Å². The third-order valence-corrected chi connectivity index (χ3v) is 6.22. The smallest absolute Gasteiger partial charge is 0.243 e. The van der Waals surface area contributed by atoms with E-state index in [2.05, 4.69) is 12.2 Å². The zero-order valence-electron chi connectivity index (χ0n) is 20.0. The van der Waals surface area contributed by atoms with Gasteiger partial charge in [0.1, 0.15) is 6.04 Å². The number of hydrogen-bond acceptors (Lipinski definition) is 2. The van der Waals surface area contributed by atoms with Crippen LogP contribution in [0.1, 0.15) is 42.0 Å². The van der Waals surface area contributed by atoms with Crippen LogP contribution in [0.2, 0.25) is 5.02 Å². The van der Waals surface area contributed by atoms with E-state index in [1.54, 1.807) is 17.0 Å². The van der Waals surface area contributed by atoms with Crippen LogP contribution in [0, 0.1) is 6.92 Å². The van der Waals surface area contributed by atoms with Crippen LogP contribution >= 0.6 is 11.6 Å². The van der Waals surface area contributed by atoms with Crippen LogP contribution in [0.15, 0.2) is 78.9 Å². The number of hydrogen-bond donors (Lipinski definition) is 1. The van der Waals surface area contributed by atoms with Crippen molar-refractivity contribution in [2.45, 2.75) is 52.1 Å². The van der Waals surface area contributed by atoms with Gasteiger partial charge >= 0.3 is 0 Å². The molecule has 1 N–H and O–H groups in total. The van der Waals surface area contributed by atoms with E-state index in [9.17, 15) is 9.59 Å². The summed E-state index contributed by atoms with van der Waals surface area (Å²) in [5.41, 5.74) is 4.02. The molecule has 3 aromatic carbocycles. The molecule has 0 saturated carbocycles. The molecule has 0 heterocycles. The fraction of sp³-hybridized carbons (Fsp3) is 0.310. The number of unbranched alkanes of at least 4 members (excludes halogenated alkanes) is 1. The summed E-state index contributed by atoms with van der Waals surface area (Å²) in [6, 6.07) is 24.6. The Labute approximate surface area is 207 Å². The van der Waals surface area contributed by atoms with Crippen LogP contribution in [-0.2, 0) is 29.0 Å². The molecule has 0 aromatic heterocycles. The minimum absolute atomic E-state index is 0.0860. The summed E-state index contributed by atoms with van der Waals surface area (Å²) in [6.45, 7) is 5.10. The first-order valence-corrected chi connectivity index (χ1v) is 12.3. The molecule has 178 valence electrons. The van der Waals surface area contributed by atoms with Crippen molar-refractivity contribution in [2.75, 3.05) is 6.54 Å². The van der Waals surface area contributed by atoms with Gasteiger partial charge in [0.25, 0.3) is 0 Å². The second-order valence-corrected chi connectivity index (χ2v) is 9.04. The average Bonchev–Trinajstić information content (AvgIpc) is 2.84. The first-order valence-electron chi connectivity index (χ1n) is 11.9. The molecule has 34 heavy (non-hydrogen) atoms. The summed E-state index contributed by atoms with van der Waals surface area (Å²) in [5.74, 6) is -0.201. The number of halogens is 1. The summed E-state index contributed by atoms with van der Waals surface area (Å²) in [5, 5.41) is 3.69. The third-order valence-electron chi connectivity index (χ3n) is 5.97. The lowest BCUT2D eigenvalue weighted by molar-refractivity contribution is -0.140. The fourth-order valence-electron chi connectivity index (χ4n) is 3.91. The zero-order chi connectivity index (χ0) is 24.3. The summed E-state index contributed by atoms with van der Waals surface area (Å²) in [6.07, 6.45) is 2.56. The molecule has 0 fully saturated rings. The van der Waals surface area contributed by atoms with E-state index < -0.39 is 6.04 Å². The second-order valence-electron chi connectivity index (χ2n) is 8.60. The Balaban J connectivity index is 1.94. The van der Waals surface area contributed by atoms with Gasteiger partial charge in [-0.1, -0.05) is 91.7 Å². The Kier molecular flexibility index (Phi) is 9.72. The molecule has 0 spiro atoms. The molecule has 3 aromatic rings. The van der Waals surface area contributed by atoms with Crippen molar-refractivity contribution in [2.24, 2.45) is 0 Å². The van der Waals surface area contributed by atoms with Crippen LogP contribution in [0.4, 0.5) is 0 Å². The molecular weight excluding hydrogens is 444 g/mol. The molecular formula is C29H33ClN2O2. The number of carbonyl (C=O) groups excluding carboxylic acids is 2. The minimum atomic E-state index is -0.612. The summed E-state index contributed by atoms with van der Waals surface area (Å²) >= 11 is 6.03. The van der Waals surface area contributed by atoms with Crippen molar-refractivity contribution in [3.05, 3.63) is 106 Å². The Morgan fingerprint density at radius 3 is 2.26 bits per heavy atom. The van der Waals surface area contributed by atoms with E-state index in [0.717, 1.165) is 35.1 Å². The Hall–Kier alpha value is -3.11. The van der Waals surface area contributed by atoms with Crippen molar-refractivity contribution in [1.82, 2.24) is 10.2 Å². The predicted octanol–water partition coefficient (Wildman–Crippen LogP) is 5.75. The lowest BCUT2D eigenvalue weighted by Gasteiger charge is -2.32. The number of rotatable bonds is 11. The van der Waals surface area contributed by atoms with Gasteiger partial charge in [-0.15, -0.1) is 0 Å². The highest BCUT2D eigenvalue weighted by Crippen LogP contribution is 2.19. The van der Waals surface area contributed by atoms with Crippen molar-refractivity contribution < 1.29 is 9.59 Å². The summed E-state index contributed by atoms with van der Waals surface area (Å²) < 4.78 is 0. The molecule has 0 bridgehead atoms. The molecule has 1 atom stereocenters. The maximum atomic E-state index is 13.7. The standard InChI is InChI=1S/C29H33ClN2O2/c1-3-4-18-31-29(34)27(19-23-11-6-5-7-12-23)32(21-25-13-9-8-10-22(25)2)28(33)20-24-14-16-26(30)17-15-24/h5-17,27H,3-4,18-21H2,1-2H3,(H,31,34). The van der Waals surface area contributed by atoms with Crippen LogP contribution in [0.5, 0.6) is 0 Å². The Bertz CT molecular complexity index is 1070. The Morgan fingerprint density at radius 1 is 0.912 bits per heavy atom. The highest BCUT2D eigenvalue weighted by atomic mass is 35.5. The number of nitrogens with zero attached hydrogens (tertiary/aromatic N) is 1. The molecule has 0 radical (unpaired) electrons. The molecule has 0 aliphatic carbocycles. The summed E-state index contributed by atoms with van der Waals surface area (Å²) in [7, 11) is 0. The molecule has 0 aliphatic heterocycles. The van der Waals surface area contributed by atoms with Crippen molar-refractivity contribution in [3.8, 4) is 0 Å². The lowest BCUT2D eigenvalue weighted by Crippen LogP contribution is -2.51. The van der Waals surface area contributed by atoms with Gasteiger partial charge in [0.15, 0.2) is 0 Å². The highest BCUT2D eigenvalue weighted by Gasteiger charge is 2.30. The van der Waals surface area contributed by atoms with E-state index >= 15 is 0 Å². The van der Waals surface area contributed by atoms with Gasteiger partial charge in [-0.2, -0.15) is 0 Å². The molecule has 4 nitrogen and oxygen atoms in total. The molecule has 2 amide bonds. The number of benzene rings is 3. The SMILES string of the molecule is CCCCNC(=O)C(Cc1ccccc1)N(Cc1ccccc1C)C(=O)Cc1ccc(Cl)cc1. The van der Waals surface area contributed by atoms with E-state index in [0.29, 0.717) is 24.5 Å². The maximum Gasteiger partial charge on any atom is 0.243 e. The van der Waals surface area contributed by atoms with Gasteiger partial charge in [-0.25, -0.2) is 0 Å². The maximum absolute atomic E-state index is 13.7. The predicted molar refractivity (Wildman–Crippen MR) is 139 cm³/mol. The van der Waals surface area contributed by atoms with E-state index in [4.69, 9.17) is 11.6 Å². The Morgan fingerprint density at radius 2 is 1.59 bits per heavy atom. The van der Waals surface area contributed by atoms with E-state index in [1.807, 2.05) is 73.7 Å². The quantitative estimate of drug-likeness (QED) is 0.358. The second kappa shape index (κ2) is 13.0. The number of aryl methyl sites for hydroxylation is 1. The van der Waals surface area contributed by atoms with Crippen LogP contribution < -0.4 is 5.32 Å². The van der Waals surface area contributed by atoms with Gasteiger partial charge in [0.2, 0.25) is 11.8 Å². The van der Waals surface area contributed by atoms with Crippen LogP contribution in [0.25, 0.3) is 0 Å². The first-order chi connectivity index (χ1) is 16.5. The van der Waals surface area contributed by atoms with E-state index in [1.165, 1.54) is 0 Å². The molecule has 3 rings (SSSR count). The van der Waals surface area contributed by atoms with Crippen molar-refractivity contribution >= 4 is 23.4 Å². The molecule has 0 aliphatic rings. The summed E-state index contributed by atoms with van der Waals surface area (Å²) in [4.78, 5) is 28.9. The highest BCUT2D eigenvalue weighted by molar-refractivity contribution is 6.30. The number of nitrogens with one attached hydrogen (secondary N) is 1. The lowest BCUT2D eigenvalue weighted by atomic mass is 10.0. The third kappa shape index (κ3) is 7.46. The largest absolute Gasteiger partial charge is 0.354 e. The van der Waals surface area contributed by atoms with Gasteiger partial charge in [-0.3, -0.25) is 9.59 Å². The normalized spacial score (nSPS) is 11.6. The van der Waals surface area contributed by atoms with Gasteiger partial charge in [0.05, 0.1) is 6.42 Å². The topological polar surface area (TPSA) is 49.4 Å². The first kappa shape index (κ1) is 25.5. The van der Waals surface area contributed by atoms with Crippen molar-refractivity contribution in [3.63, 3.8) is 0 Å². The monoisotopic (exact) mass is 476 g/mol. The number of amides is 2. The molecule has 0 saturated heterocycles. The minimum Gasteiger partial charge on any atom is -0.354 e. The van der Waals surface area contributed by atoms with Crippen LogP contribution in [-0.4, -0.2) is 29.3 Å². The average molecular weight is 477 g/mol. The zero-order valence-corrected chi connectivity index (χ0v) is 20.7. The number of carbonyl (C=O) groups is 2. The van der Waals surface area contributed by atoms with E-state index in [-0.39, 0.29) is 18.2 Å². The molecule has 5 heteroatoms.